The molecule has 10 heavy (non-hydrogen) atoms. The Bertz CT molecular complexity index is 218. The average molecular weight is 198 g/mol. The summed E-state index contributed by atoms with van der Waals surface area (Å²) in [4.78, 5) is 0. The Morgan fingerprint density at radius 2 is 1.90 bits per heavy atom. The molecule has 0 unspecified atom stereocenters. The van der Waals surface area contributed by atoms with E-state index in [0.29, 0.717) is 0 Å². The minimum absolute atomic E-state index is 1.08. The van der Waals surface area contributed by atoms with Gasteiger partial charge in [0.05, 0.1) is 0 Å². The van der Waals surface area contributed by atoms with Gasteiger partial charge in [0.2, 0.25) is 0 Å². The molecule has 1 nitrogen and oxygen atoms in total. The average Bonchev–Trinajstić information content (AvgIpc) is 2.05. The molecule has 2 heteroatoms. The van der Waals surface area contributed by atoms with Gasteiger partial charge in [-0.15, -0.1) is 0 Å². The topological polar surface area (TPSA) is 12.0 Å². The molecule has 0 aromatic heterocycles. The molecule has 0 atom stereocenters. The van der Waals surface area contributed by atoms with Gasteiger partial charge in [-0.2, -0.15) is 0 Å². The molecule has 0 aliphatic rings. The van der Waals surface area contributed by atoms with Crippen molar-refractivity contribution in [3.8, 4) is 0 Å². The van der Waals surface area contributed by atoms with Crippen LogP contribution in [0.25, 0.3) is 0 Å². The fraction of sp³-hybridized carbons (Fsp3) is 0.125. The summed E-state index contributed by atoms with van der Waals surface area (Å²) in [6.07, 6.45) is 0. The fourth-order valence-electron chi connectivity index (χ4n) is 0.734. The van der Waals surface area contributed by atoms with E-state index >= 15 is 0 Å². The number of benzene rings is 1. The summed E-state index contributed by atoms with van der Waals surface area (Å²) in [6, 6.07) is 10.2. The molecule has 0 heterocycles. The summed E-state index contributed by atoms with van der Waals surface area (Å²) in [5, 5.41) is 3.04. The monoisotopic (exact) mass is 199 g/mol. The van der Waals surface area contributed by atoms with Gasteiger partial charge >= 0.3 is 68.4 Å². The van der Waals surface area contributed by atoms with Crippen LogP contribution in [0.2, 0.25) is 0 Å². The van der Waals surface area contributed by atoms with E-state index in [1.807, 2.05) is 25.2 Å². The third kappa shape index (κ3) is 1.69. The first kappa shape index (κ1) is 7.52. The molecule has 0 fully saturated rings. The predicted octanol–water partition coefficient (Wildman–Crippen LogP) is 0.552. The molecular weight excluding hydrogens is 189 g/mol. The van der Waals surface area contributed by atoms with E-state index in [2.05, 4.69) is 33.0 Å². The van der Waals surface area contributed by atoms with Crippen molar-refractivity contribution in [3.63, 3.8) is 0 Å². The summed E-state index contributed by atoms with van der Waals surface area (Å²) >= 11 is 2.95. The van der Waals surface area contributed by atoms with E-state index < -0.39 is 0 Å². The second-order valence-corrected chi connectivity index (χ2v) is 2.80. The molecule has 0 aliphatic heterocycles. The van der Waals surface area contributed by atoms with Crippen molar-refractivity contribution in [1.82, 2.24) is 5.32 Å². The Kier molecular flexibility index (Phi) is 2.67. The molecule has 1 N–H and O–H groups in total. The molecule has 0 amide bonds. The first-order valence-corrected chi connectivity index (χ1v) is 3.97. The number of hydrogen-bond donors (Lipinski definition) is 1. The molecule has 0 aliphatic carbocycles. The van der Waals surface area contributed by atoms with Gasteiger partial charge in [-0.3, -0.25) is 0 Å². The quantitative estimate of drug-likeness (QED) is 0.684. The van der Waals surface area contributed by atoms with Crippen LogP contribution in [0.3, 0.4) is 0 Å². The first-order chi connectivity index (χ1) is 4.84. The van der Waals surface area contributed by atoms with E-state index in [0.717, 1.165) is 4.54 Å². The Hall–Kier alpha value is -0.591. The van der Waals surface area contributed by atoms with Crippen LogP contribution in [0.4, 0.5) is 0 Å². The van der Waals surface area contributed by atoms with Crippen molar-refractivity contribution in [3.05, 3.63) is 35.9 Å². The van der Waals surface area contributed by atoms with Gasteiger partial charge < -0.3 is 0 Å². The molecule has 0 saturated heterocycles. The van der Waals surface area contributed by atoms with Crippen LogP contribution in [-0.4, -0.2) is 27.2 Å². The van der Waals surface area contributed by atoms with Gasteiger partial charge in [0.1, 0.15) is 0 Å². The second-order valence-electron chi connectivity index (χ2n) is 1.95. The first-order valence-electron chi connectivity index (χ1n) is 3.11. The third-order valence-corrected chi connectivity index (χ3v) is 2.19. The number of nitrogens with one attached hydrogen (secondary N) is 1. The van der Waals surface area contributed by atoms with Crippen molar-refractivity contribution in [2.45, 2.75) is 0 Å². The summed E-state index contributed by atoms with van der Waals surface area (Å²) < 4.78 is 1.08. The van der Waals surface area contributed by atoms with Crippen LogP contribution >= 0.6 is 0 Å². The molecule has 0 saturated carbocycles. The van der Waals surface area contributed by atoms with Crippen LogP contribution < -0.4 is 5.32 Å². The maximum absolute atomic E-state index is 3.04. The number of rotatable bonds is 2. The third-order valence-electron chi connectivity index (χ3n) is 1.26. The Morgan fingerprint density at radius 3 is 2.40 bits per heavy atom. The molecule has 1 aromatic carbocycles. The zero-order valence-electron chi connectivity index (χ0n) is 5.79. The van der Waals surface area contributed by atoms with E-state index in [1.165, 1.54) is 5.56 Å². The molecule has 1 aromatic rings. The van der Waals surface area contributed by atoms with Crippen molar-refractivity contribution in [2.24, 2.45) is 0 Å². The van der Waals surface area contributed by atoms with Crippen LogP contribution in [-0.2, 0) is 0 Å². The van der Waals surface area contributed by atoms with E-state index in [-0.39, 0.29) is 0 Å². The van der Waals surface area contributed by atoms with Crippen molar-refractivity contribution in [1.29, 1.82) is 0 Å². The predicted molar refractivity (Wildman–Crippen MR) is 45.4 cm³/mol. The summed E-state index contributed by atoms with van der Waals surface area (Å²) in [5.74, 6) is 0. The van der Waals surface area contributed by atoms with Gasteiger partial charge in [0.25, 0.3) is 0 Å². The summed E-state index contributed by atoms with van der Waals surface area (Å²) in [7, 11) is 1.90. The maximum atomic E-state index is 3.04. The zero-order valence-corrected chi connectivity index (χ0v) is 7.51. The van der Waals surface area contributed by atoms with E-state index in [9.17, 15) is 0 Å². The van der Waals surface area contributed by atoms with Gasteiger partial charge in [-0.1, -0.05) is 0 Å². The standard InChI is InChI=1S/C8H9NSe/c1-9-8(10)7-5-3-2-4-6-7/h2-6H,1H3,(H,9,10). The normalized spacial score (nSPS) is 8.90. The van der Waals surface area contributed by atoms with Gasteiger partial charge in [0, 0.05) is 0 Å². The molecule has 0 bridgehead atoms. The second kappa shape index (κ2) is 3.55. The Morgan fingerprint density at radius 1 is 1.30 bits per heavy atom. The van der Waals surface area contributed by atoms with Crippen molar-refractivity contribution < 1.29 is 0 Å². The van der Waals surface area contributed by atoms with E-state index in [1.54, 1.807) is 0 Å². The van der Waals surface area contributed by atoms with Crippen LogP contribution in [0, 0.1) is 0 Å². The van der Waals surface area contributed by atoms with Gasteiger partial charge in [-0.05, 0) is 0 Å². The number of hydrogen-bond acceptors (Lipinski definition) is 1. The van der Waals surface area contributed by atoms with Crippen LogP contribution in [0.1, 0.15) is 5.56 Å². The van der Waals surface area contributed by atoms with Gasteiger partial charge in [0.15, 0.2) is 0 Å². The van der Waals surface area contributed by atoms with E-state index in [4.69, 9.17) is 0 Å². The SMILES string of the molecule is CNC(=[Se])c1ccccc1. The van der Waals surface area contributed by atoms with Crippen molar-refractivity contribution >= 4 is 20.1 Å². The molecular formula is C8H9NSe. The fourth-order valence-corrected chi connectivity index (χ4v) is 1.02. The van der Waals surface area contributed by atoms with Gasteiger partial charge in [-0.25, -0.2) is 0 Å². The Balaban J connectivity index is 2.85. The molecule has 1 rings (SSSR count). The minimum atomic E-state index is 1.08. The Labute approximate surface area is 68.8 Å². The van der Waals surface area contributed by atoms with Crippen LogP contribution in [0.15, 0.2) is 30.3 Å². The summed E-state index contributed by atoms with van der Waals surface area (Å²) in [6.45, 7) is 0. The molecule has 52 valence electrons. The zero-order chi connectivity index (χ0) is 7.40. The molecule has 0 spiro atoms. The van der Waals surface area contributed by atoms with Crippen LogP contribution in [0.5, 0.6) is 0 Å². The van der Waals surface area contributed by atoms with Crippen molar-refractivity contribution in [2.75, 3.05) is 7.05 Å². The summed E-state index contributed by atoms with van der Waals surface area (Å²) in [5.41, 5.74) is 1.20. The molecule has 0 radical (unpaired) electrons.